The second-order valence-electron chi connectivity index (χ2n) is 6.52. The van der Waals surface area contributed by atoms with Gasteiger partial charge in [0.2, 0.25) is 0 Å². The molecule has 1 unspecified atom stereocenters. The van der Waals surface area contributed by atoms with E-state index in [1.165, 1.54) is 16.7 Å². The molecule has 0 aliphatic heterocycles. The van der Waals surface area contributed by atoms with Crippen molar-refractivity contribution in [1.29, 1.82) is 0 Å². The van der Waals surface area contributed by atoms with Crippen LogP contribution in [0.15, 0.2) is 48.5 Å². The molecule has 1 N–H and O–H groups in total. The quantitative estimate of drug-likeness (QED) is 0.837. The molecule has 2 nitrogen and oxygen atoms in total. The second-order valence-corrected chi connectivity index (χ2v) is 6.52. The van der Waals surface area contributed by atoms with Crippen molar-refractivity contribution in [3.8, 4) is 0 Å². The Bertz CT molecular complexity index is 633. The molecule has 0 aromatic heterocycles. The van der Waals surface area contributed by atoms with E-state index in [1.54, 1.807) is 6.92 Å². The molecule has 0 aliphatic carbocycles. The van der Waals surface area contributed by atoms with E-state index in [-0.39, 0.29) is 5.78 Å². The number of hydrogen-bond acceptors (Lipinski definition) is 2. The minimum atomic E-state index is 0.218. The van der Waals surface area contributed by atoms with Crippen LogP contribution in [0.3, 0.4) is 0 Å². The molecule has 0 bridgehead atoms. The van der Waals surface area contributed by atoms with E-state index >= 15 is 0 Å². The van der Waals surface area contributed by atoms with Gasteiger partial charge in [0.1, 0.15) is 5.78 Å². The van der Waals surface area contributed by atoms with Gasteiger partial charge in [0.25, 0.3) is 0 Å². The maximum Gasteiger partial charge on any atom is 0.134 e. The number of ketones is 1. The van der Waals surface area contributed by atoms with E-state index in [9.17, 15) is 4.79 Å². The van der Waals surface area contributed by atoms with E-state index < -0.39 is 0 Å². The molecule has 24 heavy (non-hydrogen) atoms. The van der Waals surface area contributed by atoms with Crippen LogP contribution in [0.1, 0.15) is 43.0 Å². The van der Waals surface area contributed by atoms with Crippen molar-refractivity contribution in [2.45, 2.75) is 53.5 Å². The smallest absolute Gasteiger partial charge is 0.134 e. The first-order chi connectivity index (χ1) is 11.4. The van der Waals surface area contributed by atoms with Crippen LogP contribution in [-0.4, -0.2) is 18.4 Å². The van der Waals surface area contributed by atoms with Crippen LogP contribution in [-0.2, 0) is 17.6 Å². The molecule has 0 spiro atoms. The lowest BCUT2D eigenvalue weighted by molar-refractivity contribution is -0.116. The number of rotatable bonds is 6. The predicted molar refractivity (Wildman–Crippen MR) is 104 cm³/mol. The lowest BCUT2D eigenvalue weighted by atomic mass is 10.1. The number of aryl methyl sites for hydroxylation is 2. The molecule has 2 aromatic carbocycles. The maximum atomic E-state index is 10.7. The Morgan fingerprint density at radius 3 is 2.04 bits per heavy atom. The van der Waals surface area contributed by atoms with Crippen LogP contribution < -0.4 is 5.32 Å². The Morgan fingerprint density at radius 1 is 1.00 bits per heavy atom. The average Bonchev–Trinajstić information content (AvgIpc) is 2.47. The zero-order chi connectivity index (χ0) is 17.9. The third-order valence-corrected chi connectivity index (χ3v) is 3.71. The zero-order valence-electron chi connectivity index (χ0n) is 15.7. The highest BCUT2D eigenvalue weighted by Gasteiger charge is 2.00. The summed E-state index contributed by atoms with van der Waals surface area (Å²) in [4.78, 5) is 10.7. The number of Topliss-reactive ketones (excluding diaryl/α,β-unsaturated/α-hetero) is 1. The van der Waals surface area contributed by atoms with E-state index in [0.29, 0.717) is 12.5 Å². The van der Waals surface area contributed by atoms with Gasteiger partial charge in [-0.25, -0.2) is 0 Å². The van der Waals surface area contributed by atoms with Gasteiger partial charge in [-0.15, -0.1) is 0 Å². The van der Waals surface area contributed by atoms with Crippen molar-refractivity contribution in [1.82, 2.24) is 5.32 Å². The topological polar surface area (TPSA) is 29.1 Å². The summed E-state index contributed by atoms with van der Waals surface area (Å²) in [6.07, 6.45) is 1.68. The average molecular weight is 325 g/mol. The Kier molecular flexibility index (Phi) is 9.03. The Hall–Kier alpha value is -1.93. The minimum Gasteiger partial charge on any atom is -0.314 e. The van der Waals surface area contributed by atoms with Crippen molar-refractivity contribution in [3.63, 3.8) is 0 Å². The molecule has 130 valence electrons. The van der Waals surface area contributed by atoms with Crippen LogP contribution in [0.2, 0.25) is 0 Å². The molecule has 2 rings (SSSR count). The summed E-state index contributed by atoms with van der Waals surface area (Å²) in [5.41, 5.74) is 5.09. The Balaban J connectivity index is 0.000000243. The fourth-order valence-corrected chi connectivity index (χ4v) is 2.72. The first-order valence-corrected chi connectivity index (χ1v) is 8.74. The number of hydrogen-bond donors (Lipinski definition) is 1. The molecule has 0 radical (unpaired) electrons. The lowest BCUT2D eigenvalue weighted by Crippen LogP contribution is -2.27. The summed E-state index contributed by atoms with van der Waals surface area (Å²) in [5.74, 6) is 0.218. The normalized spacial score (nSPS) is 11.4. The highest BCUT2D eigenvalue weighted by Crippen LogP contribution is 2.06. The van der Waals surface area contributed by atoms with Gasteiger partial charge in [0.15, 0.2) is 0 Å². The molecule has 2 heteroatoms. The van der Waals surface area contributed by atoms with Gasteiger partial charge in [-0.3, -0.25) is 4.79 Å². The summed E-state index contributed by atoms with van der Waals surface area (Å²) in [5, 5.41) is 3.41. The summed E-state index contributed by atoms with van der Waals surface area (Å²) >= 11 is 0. The van der Waals surface area contributed by atoms with Gasteiger partial charge < -0.3 is 5.32 Å². The van der Waals surface area contributed by atoms with E-state index in [2.05, 4.69) is 50.4 Å². The second kappa shape index (κ2) is 10.8. The molecule has 0 heterocycles. The van der Waals surface area contributed by atoms with Gasteiger partial charge in [0.05, 0.1) is 0 Å². The lowest BCUT2D eigenvalue weighted by Gasteiger charge is -2.12. The van der Waals surface area contributed by atoms with Crippen molar-refractivity contribution in [2.24, 2.45) is 0 Å². The monoisotopic (exact) mass is 325 g/mol. The van der Waals surface area contributed by atoms with Crippen molar-refractivity contribution < 1.29 is 4.79 Å². The summed E-state index contributed by atoms with van der Waals surface area (Å²) in [6, 6.07) is 17.3. The molecule has 0 amide bonds. The largest absolute Gasteiger partial charge is 0.314 e. The molecule has 1 atom stereocenters. The molecular weight excluding hydrogens is 294 g/mol. The zero-order valence-corrected chi connectivity index (χ0v) is 15.7. The highest BCUT2D eigenvalue weighted by molar-refractivity contribution is 5.78. The number of nitrogens with one attached hydrogen (secondary N) is 1. The molecule has 0 saturated heterocycles. The number of likely N-dealkylation sites (N-methyl/N-ethyl adjacent to an activating group) is 1. The van der Waals surface area contributed by atoms with E-state index in [4.69, 9.17) is 0 Å². The highest BCUT2D eigenvalue weighted by atomic mass is 16.1. The third kappa shape index (κ3) is 8.64. The van der Waals surface area contributed by atoms with E-state index in [0.717, 1.165) is 18.5 Å². The van der Waals surface area contributed by atoms with Gasteiger partial charge in [-0.05, 0) is 51.8 Å². The van der Waals surface area contributed by atoms with Crippen molar-refractivity contribution in [2.75, 3.05) is 6.54 Å². The van der Waals surface area contributed by atoms with Crippen molar-refractivity contribution in [3.05, 3.63) is 70.8 Å². The van der Waals surface area contributed by atoms with Gasteiger partial charge in [0, 0.05) is 12.5 Å². The van der Waals surface area contributed by atoms with Gasteiger partial charge in [-0.2, -0.15) is 0 Å². The molecule has 0 saturated carbocycles. The summed E-state index contributed by atoms with van der Waals surface area (Å²) < 4.78 is 0. The predicted octanol–water partition coefficient (Wildman–Crippen LogP) is 4.66. The van der Waals surface area contributed by atoms with Crippen LogP contribution in [0.25, 0.3) is 0 Å². The maximum absolute atomic E-state index is 10.7. The molecule has 0 aliphatic rings. The van der Waals surface area contributed by atoms with Crippen LogP contribution in [0, 0.1) is 13.8 Å². The standard InChI is InChI=1S/C12H19N.C10H12O/c1-4-13-11(3)9-12-7-5-6-10(2)8-12;1-8-4-3-5-10(6-8)7-9(2)11/h5-8,11,13H,4,9H2,1-3H3;3-6H,7H2,1-2H3. The van der Waals surface area contributed by atoms with Gasteiger partial charge >= 0.3 is 0 Å². The van der Waals surface area contributed by atoms with E-state index in [1.807, 2.05) is 31.2 Å². The van der Waals surface area contributed by atoms with Crippen LogP contribution in [0.4, 0.5) is 0 Å². The first kappa shape index (κ1) is 20.1. The Morgan fingerprint density at radius 2 is 1.54 bits per heavy atom. The summed E-state index contributed by atoms with van der Waals surface area (Å²) in [7, 11) is 0. The van der Waals surface area contributed by atoms with Crippen LogP contribution in [0.5, 0.6) is 0 Å². The molecule has 2 aromatic rings. The Labute approximate surface area is 147 Å². The summed E-state index contributed by atoms with van der Waals surface area (Å²) in [6.45, 7) is 11.2. The number of carbonyl (C=O) groups is 1. The SMILES string of the molecule is CC(=O)Cc1cccc(C)c1.CCNC(C)Cc1cccc(C)c1. The first-order valence-electron chi connectivity index (χ1n) is 8.74. The van der Waals surface area contributed by atoms with Crippen molar-refractivity contribution >= 4 is 5.78 Å². The van der Waals surface area contributed by atoms with Gasteiger partial charge in [-0.1, -0.05) is 66.6 Å². The number of carbonyl (C=O) groups excluding carboxylic acids is 1. The minimum absolute atomic E-state index is 0.218. The molecular formula is C22H31NO. The fraction of sp³-hybridized carbons (Fsp3) is 0.409. The molecule has 0 fully saturated rings. The third-order valence-electron chi connectivity index (χ3n) is 3.71. The van der Waals surface area contributed by atoms with Crippen LogP contribution >= 0.6 is 0 Å². The fourth-order valence-electron chi connectivity index (χ4n) is 2.72. The number of benzene rings is 2.